The summed E-state index contributed by atoms with van der Waals surface area (Å²) in [7, 11) is 1.69. The molecule has 112 valence electrons. The molecule has 0 aliphatic heterocycles. The molecule has 1 aromatic rings. The van der Waals surface area contributed by atoms with Gasteiger partial charge in [-0.3, -0.25) is 4.79 Å². The second-order valence-corrected chi connectivity index (χ2v) is 5.49. The molecule has 1 aromatic carbocycles. The van der Waals surface area contributed by atoms with Gasteiger partial charge in [0.05, 0.1) is 12.6 Å². The van der Waals surface area contributed by atoms with Crippen LogP contribution in [0.2, 0.25) is 0 Å². The molecule has 0 aromatic heterocycles. The molecule has 1 rings (SSSR count). The van der Waals surface area contributed by atoms with Crippen LogP contribution in [-0.4, -0.2) is 25.6 Å². The number of carbonyl (C=O) groups excluding carboxylic acids is 1. The summed E-state index contributed by atoms with van der Waals surface area (Å²) in [5.74, 6) is 0.517. The molecule has 0 fully saturated rings. The van der Waals surface area contributed by atoms with Gasteiger partial charge in [0.25, 0.3) is 0 Å². The largest absolute Gasteiger partial charge is 0.380 e. The van der Waals surface area contributed by atoms with Crippen molar-refractivity contribution in [1.29, 1.82) is 0 Å². The average molecular weight is 278 g/mol. The van der Waals surface area contributed by atoms with E-state index in [1.807, 2.05) is 25.1 Å². The number of ether oxygens (including phenoxy) is 1. The van der Waals surface area contributed by atoms with Crippen molar-refractivity contribution in [3.63, 3.8) is 0 Å². The van der Waals surface area contributed by atoms with E-state index >= 15 is 0 Å². The summed E-state index contributed by atoms with van der Waals surface area (Å²) in [6, 6.07) is 7.99. The molecule has 0 heterocycles. The third kappa shape index (κ3) is 6.17. The zero-order valence-corrected chi connectivity index (χ0v) is 12.9. The zero-order valence-electron chi connectivity index (χ0n) is 12.9. The van der Waals surface area contributed by atoms with Crippen molar-refractivity contribution in [3.8, 4) is 0 Å². The van der Waals surface area contributed by atoms with E-state index < -0.39 is 0 Å². The number of hydrogen-bond donors (Lipinski definition) is 2. The van der Waals surface area contributed by atoms with Crippen molar-refractivity contribution in [2.75, 3.05) is 13.7 Å². The Kier molecular flexibility index (Phi) is 7.26. The number of methoxy groups -OCH3 is 1. The summed E-state index contributed by atoms with van der Waals surface area (Å²) in [6.45, 7) is 8.05. The molecule has 4 nitrogen and oxygen atoms in total. The van der Waals surface area contributed by atoms with E-state index in [-0.39, 0.29) is 11.9 Å². The van der Waals surface area contributed by atoms with E-state index in [0.717, 1.165) is 11.1 Å². The molecule has 4 heteroatoms. The van der Waals surface area contributed by atoms with Crippen LogP contribution in [0.4, 0.5) is 0 Å². The molecule has 1 atom stereocenters. The Hall–Kier alpha value is -1.39. The molecule has 0 saturated heterocycles. The molecule has 0 bridgehead atoms. The molecule has 1 amide bonds. The summed E-state index contributed by atoms with van der Waals surface area (Å²) < 4.78 is 5.12. The second kappa shape index (κ2) is 8.72. The number of amides is 1. The predicted molar refractivity (Wildman–Crippen MR) is 81.3 cm³/mol. The van der Waals surface area contributed by atoms with E-state index in [1.54, 1.807) is 7.11 Å². The van der Waals surface area contributed by atoms with Crippen molar-refractivity contribution >= 4 is 5.91 Å². The highest BCUT2D eigenvalue weighted by Gasteiger charge is 2.11. The van der Waals surface area contributed by atoms with Crippen molar-refractivity contribution < 1.29 is 9.53 Å². The van der Waals surface area contributed by atoms with Crippen LogP contribution in [0, 0.1) is 5.92 Å². The van der Waals surface area contributed by atoms with E-state index in [4.69, 9.17) is 4.74 Å². The summed E-state index contributed by atoms with van der Waals surface area (Å²) in [6.07, 6.45) is 0. The van der Waals surface area contributed by atoms with Gasteiger partial charge in [-0.1, -0.05) is 38.1 Å². The normalized spacial score (nSPS) is 12.4. The van der Waals surface area contributed by atoms with Crippen LogP contribution in [0.25, 0.3) is 0 Å². The summed E-state index contributed by atoms with van der Waals surface area (Å²) in [5, 5.41) is 6.17. The molecule has 2 N–H and O–H groups in total. The lowest BCUT2D eigenvalue weighted by atomic mass is 10.1. The fourth-order valence-corrected chi connectivity index (χ4v) is 1.82. The first kappa shape index (κ1) is 16.7. The summed E-state index contributed by atoms with van der Waals surface area (Å²) >= 11 is 0. The quantitative estimate of drug-likeness (QED) is 0.765. The third-order valence-corrected chi connectivity index (χ3v) is 2.99. The molecular weight excluding hydrogens is 252 g/mol. The van der Waals surface area contributed by atoms with Gasteiger partial charge >= 0.3 is 0 Å². The lowest BCUT2D eigenvalue weighted by molar-refractivity contribution is -0.122. The van der Waals surface area contributed by atoms with Crippen LogP contribution in [0.3, 0.4) is 0 Å². The minimum atomic E-state index is -0.195. The van der Waals surface area contributed by atoms with E-state index in [1.165, 1.54) is 0 Å². The average Bonchev–Trinajstić information content (AvgIpc) is 2.43. The highest BCUT2D eigenvalue weighted by atomic mass is 16.5. The SMILES string of the molecule is COCc1cccc(CNC(C)C(=O)NCC(C)C)c1. The Morgan fingerprint density at radius 1 is 1.25 bits per heavy atom. The van der Waals surface area contributed by atoms with Gasteiger partial charge < -0.3 is 15.4 Å². The Morgan fingerprint density at radius 3 is 2.60 bits per heavy atom. The Balaban J connectivity index is 2.41. The van der Waals surface area contributed by atoms with E-state index in [0.29, 0.717) is 25.6 Å². The molecule has 0 spiro atoms. The van der Waals surface area contributed by atoms with Gasteiger partial charge in [0, 0.05) is 20.2 Å². The molecule has 0 aliphatic rings. The summed E-state index contributed by atoms with van der Waals surface area (Å²) in [4.78, 5) is 11.8. The monoisotopic (exact) mass is 278 g/mol. The van der Waals surface area contributed by atoms with Crippen LogP contribution in [0.1, 0.15) is 31.9 Å². The fraction of sp³-hybridized carbons (Fsp3) is 0.562. The Morgan fingerprint density at radius 2 is 1.95 bits per heavy atom. The van der Waals surface area contributed by atoms with Gasteiger partial charge in [0.2, 0.25) is 5.91 Å². The summed E-state index contributed by atoms with van der Waals surface area (Å²) in [5.41, 5.74) is 2.30. The molecular formula is C16H26N2O2. The smallest absolute Gasteiger partial charge is 0.236 e. The van der Waals surface area contributed by atoms with Crippen LogP contribution in [-0.2, 0) is 22.7 Å². The highest BCUT2D eigenvalue weighted by Crippen LogP contribution is 2.06. The van der Waals surface area contributed by atoms with Crippen LogP contribution in [0.5, 0.6) is 0 Å². The van der Waals surface area contributed by atoms with Crippen molar-refractivity contribution in [2.45, 2.75) is 40.0 Å². The van der Waals surface area contributed by atoms with Gasteiger partial charge in [-0.2, -0.15) is 0 Å². The first-order valence-electron chi connectivity index (χ1n) is 7.10. The molecule has 0 aliphatic carbocycles. The first-order chi connectivity index (χ1) is 9.52. The van der Waals surface area contributed by atoms with Crippen LogP contribution < -0.4 is 10.6 Å². The van der Waals surface area contributed by atoms with Gasteiger partial charge in [-0.15, -0.1) is 0 Å². The lowest BCUT2D eigenvalue weighted by Gasteiger charge is -2.15. The fourth-order valence-electron chi connectivity index (χ4n) is 1.82. The minimum absolute atomic E-state index is 0.0479. The maximum atomic E-state index is 11.8. The number of hydrogen-bond acceptors (Lipinski definition) is 3. The maximum Gasteiger partial charge on any atom is 0.236 e. The van der Waals surface area contributed by atoms with Gasteiger partial charge in [0.15, 0.2) is 0 Å². The number of rotatable bonds is 8. The first-order valence-corrected chi connectivity index (χ1v) is 7.10. The molecule has 1 unspecified atom stereocenters. The number of nitrogens with one attached hydrogen (secondary N) is 2. The Labute approximate surface area is 121 Å². The zero-order chi connectivity index (χ0) is 15.0. The number of carbonyl (C=O) groups is 1. The van der Waals surface area contributed by atoms with E-state index in [9.17, 15) is 4.79 Å². The van der Waals surface area contributed by atoms with Crippen LogP contribution in [0.15, 0.2) is 24.3 Å². The Bertz CT molecular complexity index is 419. The topological polar surface area (TPSA) is 50.4 Å². The minimum Gasteiger partial charge on any atom is -0.380 e. The van der Waals surface area contributed by atoms with Gasteiger partial charge in [-0.25, -0.2) is 0 Å². The van der Waals surface area contributed by atoms with Crippen LogP contribution >= 0.6 is 0 Å². The third-order valence-electron chi connectivity index (χ3n) is 2.99. The van der Waals surface area contributed by atoms with Crippen molar-refractivity contribution in [3.05, 3.63) is 35.4 Å². The van der Waals surface area contributed by atoms with Crippen molar-refractivity contribution in [1.82, 2.24) is 10.6 Å². The maximum absolute atomic E-state index is 11.8. The standard InChI is InChI=1S/C16H26N2O2/c1-12(2)9-18-16(19)13(3)17-10-14-6-5-7-15(8-14)11-20-4/h5-8,12-13,17H,9-11H2,1-4H3,(H,18,19). The highest BCUT2D eigenvalue weighted by molar-refractivity contribution is 5.81. The number of benzene rings is 1. The molecule has 0 saturated carbocycles. The predicted octanol–water partition coefficient (Wildman–Crippen LogP) is 2.08. The van der Waals surface area contributed by atoms with E-state index in [2.05, 4.69) is 30.5 Å². The van der Waals surface area contributed by atoms with Gasteiger partial charge in [0.1, 0.15) is 0 Å². The molecule has 20 heavy (non-hydrogen) atoms. The van der Waals surface area contributed by atoms with Gasteiger partial charge in [-0.05, 0) is 24.0 Å². The second-order valence-electron chi connectivity index (χ2n) is 5.49. The lowest BCUT2D eigenvalue weighted by Crippen LogP contribution is -2.42. The van der Waals surface area contributed by atoms with Crippen molar-refractivity contribution in [2.24, 2.45) is 5.92 Å². The molecule has 0 radical (unpaired) electrons.